The fourth-order valence-corrected chi connectivity index (χ4v) is 1.37. The zero-order valence-electron chi connectivity index (χ0n) is 11.4. The molecule has 1 unspecified atom stereocenters. The van der Waals surface area contributed by atoms with Crippen LogP contribution in [0.4, 0.5) is 4.79 Å². The molecular weight excluding hydrogens is 244 g/mol. The molecule has 0 spiro atoms. The summed E-state index contributed by atoms with van der Waals surface area (Å²) in [6.45, 7) is 6.40. The first-order valence-electron chi connectivity index (χ1n) is 6.26. The van der Waals surface area contributed by atoms with E-state index in [1.165, 1.54) is 12.1 Å². The maximum atomic E-state index is 11.6. The van der Waals surface area contributed by atoms with E-state index in [0.29, 0.717) is 12.5 Å². The van der Waals surface area contributed by atoms with Crippen LogP contribution >= 0.6 is 0 Å². The number of urea groups is 1. The van der Waals surface area contributed by atoms with Crippen molar-refractivity contribution in [2.75, 3.05) is 0 Å². The second-order valence-electron chi connectivity index (χ2n) is 4.86. The summed E-state index contributed by atoms with van der Waals surface area (Å²) >= 11 is 0. The Kier molecular flexibility index (Phi) is 5.36. The monoisotopic (exact) mass is 264 g/mol. The van der Waals surface area contributed by atoms with Crippen LogP contribution in [0.3, 0.4) is 0 Å². The highest BCUT2D eigenvalue weighted by molar-refractivity contribution is 5.87. The third-order valence-electron chi connectivity index (χ3n) is 3.01. The van der Waals surface area contributed by atoms with Crippen molar-refractivity contribution in [2.24, 2.45) is 5.92 Å². The van der Waals surface area contributed by atoms with Gasteiger partial charge in [0.05, 0.1) is 5.56 Å². The standard InChI is InChI=1S/C14H20N2O3/c1-9(2)10(3)16-14(19)15-8-11-4-6-12(7-5-11)13(17)18/h4-7,9-10H,8H2,1-3H3,(H,17,18)(H2,15,16,19). The predicted molar refractivity (Wildman–Crippen MR) is 73.1 cm³/mol. The number of hydrogen-bond acceptors (Lipinski definition) is 2. The number of carboxylic acid groups (broad SMARTS) is 1. The molecule has 1 atom stereocenters. The van der Waals surface area contributed by atoms with Crippen molar-refractivity contribution in [3.63, 3.8) is 0 Å². The van der Waals surface area contributed by atoms with Gasteiger partial charge in [-0.3, -0.25) is 0 Å². The Hall–Kier alpha value is -2.04. The summed E-state index contributed by atoms with van der Waals surface area (Å²) < 4.78 is 0. The lowest BCUT2D eigenvalue weighted by Gasteiger charge is -2.17. The van der Waals surface area contributed by atoms with Crippen molar-refractivity contribution in [2.45, 2.75) is 33.4 Å². The predicted octanol–water partition coefficient (Wildman–Crippen LogP) is 2.23. The van der Waals surface area contributed by atoms with Gasteiger partial charge in [0, 0.05) is 12.6 Å². The van der Waals surface area contributed by atoms with E-state index in [4.69, 9.17) is 5.11 Å². The minimum absolute atomic E-state index is 0.106. The van der Waals surface area contributed by atoms with E-state index in [-0.39, 0.29) is 17.6 Å². The molecule has 0 aliphatic rings. The van der Waals surface area contributed by atoms with E-state index < -0.39 is 5.97 Å². The van der Waals surface area contributed by atoms with Crippen LogP contribution in [-0.2, 0) is 6.54 Å². The maximum absolute atomic E-state index is 11.6. The highest BCUT2D eigenvalue weighted by Gasteiger charge is 2.10. The van der Waals surface area contributed by atoms with E-state index in [0.717, 1.165) is 5.56 Å². The van der Waals surface area contributed by atoms with Crippen LogP contribution in [-0.4, -0.2) is 23.1 Å². The topological polar surface area (TPSA) is 78.4 Å². The van der Waals surface area contributed by atoms with E-state index >= 15 is 0 Å². The van der Waals surface area contributed by atoms with Gasteiger partial charge in [-0.2, -0.15) is 0 Å². The van der Waals surface area contributed by atoms with Gasteiger partial charge in [0.15, 0.2) is 0 Å². The first kappa shape index (κ1) is 15.0. The summed E-state index contributed by atoms with van der Waals surface area (Å²) in [4.78, 5) is 22.3. The number of carboxylic acids is 1. The van der Waals surface area contributed by atoms with Gasteiger partial charge in [-0.1, -0.05) is 26.0 Å². The van der Waals surface area contributed by atoms with Crippen LogP contribution in [0.15, 0.2) is 24.3 Å². The summed E-state index contributed by atoms with van der Waals surface area (Å²) in [5, 5.41) is 14.3. The Morgan fingerprint density at radius 1 is 1.16 bits per heavy atom. The Morgan fingerprint density at radius 3 is 2.21 bits per heavy atom. The zero-order chi connectivity index (χ0) is 14.4. The van der Waals surface area contributed by atoms with E-state index in [1.807, 2.05) is 20.8 Å². The van der Waals surface area contributed by atoms with Crippen molar-refractivity contribution in [3.05, 3.63) is 35.4 Å². The molecule has 19 heavy (non-hydrogen) atoms. The van der Waals surface area contributed by atoms with E-state index in [1.54, 1.807) is 12.1 Å². The largest absolute Gasteiger partial charge is 0.478 e. The Bertz CT molecular complexity index is 441. The van der Waals surface area contributed by atoms with Crippen LogP contribution < -0.4 is 10.6 Å². The second kappa shape index (κ2) is 6.78. The highest BCUT2D eigenvalue weighted by atomic mass is 16.4. The molecule has 1 aromatic rings. The molecule has 1 rings (SSSR count). The molecule has 2 amide bonds. The minimum atomic E-state index is -0.956. The van der Waals surface area contributed by atoms with Gasteiger partial charge in [-0.05, 0) is 30.5 Å². The van der Waals surface area contributed by atoms with Crippen LogP contribution in [0.25, 0.3) is 0 Å². The van der Waals surface area contributed by atoms with Crippen molar-refractivity contribution in [1.29, 1.82) is 0 Å². The fourth-order valence-electron chi connectivity index (χ4n) is 1.37. The normalized spacial score (nSPS) is 12.0. The van der Waals surface area contributed by atoms with Gasteiger partial charge >= 0.3 is 12.0 Å². The molecule has 0 fully saturated rings. The summed E-state index contributed by atoms with van der Waals surface area (Å²) in [6.07, 6.45) is 0. The molecule has 0 aliphatic heterocycles. The molecule has 0 bridgehead atoms. The molecule has 0 aliphatic carbocycles. The van der Waals surface area contributed by atoms with Crippen molar-refractivity contribution in [1.82, 2.24) is 10.6 Å². The molecule has 0 radical (unpaired) electrons. The third kappa shape index (κ3) is 4.99. The third-order valence-corrected chi connectivity index (χ3v) is 3.01. The smallest absolute Gasteiger partial charge is 0.335 e. The molecular formula is C14H20N2O3. The van der Waals surface area contributed by atoms with Gasteiger partial charge in [-0.15, -0.1) is 0 Å². The van der Waals surface area contributed by atoms with Gasteiger partial charge in [0.25, 0.3) is 0 Å². The molecule has 0 saturated heterocycles. The van der Waals surface area contributed by atoms with Crippen molar-refractivity contribution in [3.8, 4) is 0 Å². The Balaban J connectivity index is 2.44. The number of amides is 2. The first-order chi connectivity index (χ1) is 8.90. The average molecular weight is 264 g/mol. The Labute approximate surface area is 113 Å². The lowest BCUT2D eigenvalue weighted by molar-refractivity contribution is 0.0697. The summed E-state index contributed by atoms with van der Waals surface area (Å²) in [5.41, 5.74) is 1.10. The second-order valence-corrected chi connectivity index (χ2v) is 4.86. The average Bonchev–Trinajstić information content (AvgIpc) is 2.36. The SMILES string of the molecule is CC(C)C(C)NC(=O)NCc1ccc(C(=O)O)cc1. The molecule has 0 heterocycles. The van der Waals surface area contributed by atoms with Crippen LogP contribution in [0.1, 0.15) is 36.7 Å². The van der Waals surface area contributed by atoms with Crippen molar-refractivity contribution >= 4 is 12.0 Å². The highest BCUT2D eigenvalue weighted by Crippen LogP contribution is 2.04. The molecule has 3 N–H and O–H groups in total. The molecule has 104 valence electrons. The number of rotatable bonds is 5. The van der Waals surface area contributed by atoms with Crippen LogP contribution in [0.5, 0.6) is 0 Å². The van der Waals surface area contributed by atoms with E-state index in [9.17, 15) is 9.59 Å². The number of carbonyl (C=O) groups is 2. The molecule has 5 heteroatoms. The fraction of sp³-hybridized carbons (Fsp3) is 0.429. The lowest BCUT2D eigenvalue weighted by atomic mass is 10.1. The molecule has 0 aromatic heterocycles. The van der Waals surface area contributed by atoms with Crippen molar-refractivity contribution < 1.29 is 14.7 Å². The van der Waals surface area contributed by atoms with Gasteiger partial charge in [-0.25, -0.2) is 9.59 Å². The summed E-state index contributed by atoms with van der Waals surface area (Å²) in [6, 6.07) is 6.31. The Morgan fingerprint density at radius 2 is 1.74 bits per heavy atom. The zero-order valence-corrected chi connectivity index (χ0v) is 11.4. The van der Waals surface area contributed by atoms with Gasteiger partial charge in [0.1, 0.15) is 0 Å². The van der Waals surface area contributed by atoms with Crippen LogP contribution in [0.2, 0.25) is 0 Å². The minimum Gasteiger partial charge on any atom is -0.478 e. The summed E-state index contributed by atoms with van der Waals surface area (Å²) in [7, 11) is 0. The molecule has 0 saturated carbocycles. The molecule has 5 nitrogen and oxygen atoms in total. The van der Waals surface area contributed by atoms with Gasteiger partial charge < -0.3 is 15.7 Å². The lowest BCUT2D eigenvalue weighted by Crippen LogP contribution is -2.42. The quantitative estimate of drug-likeness (QED) is 0.763. The first-order valence-corrected chi connectivity index (χ1v) is 6.26. The number of benzene rings is 1. The number of carbonyl (C=O) groups excluding carboxylic acids is 1. The summed E-state index contributed by atoms with van der Waals surface area (Å²) in [5.74, 6) is -0.580. The van der Waals surface area contributed by atoms with Gasteiger partial charge in [0.2, 0.25) is 0 Å². The van der Waals surface area contributed by atoms with E-state index in [2.05, 4.69) is 10.6 Å². The maximum Gasteiger partial charge on any atom is 0.335 e. The number of aromatic carboxylic acids is 1. The van der Waals surface area contributed by atoms with Crippen LogP contribution in [0, 0.1) is 5.92 Å². The number of hydrogen-bond donors (Lipinski definition) is 3. The number of nitrogens with one attached hydrogen (secondary N) is 2. The molecule has 1 aromatic carbocycles.